The van der Waals surface area contributed by atoms with E-state index in [4.69, 9.17) is 0 Å². The smallest absolute Gasteiger partial charge is 0.0236 e. The Balaban J connectivity index is 1.85. The van der Waals surface area contributed by atoms with E-state index in [0.29, 0.717) is 12.7 Å². The first-order valence-corrected chi connectivity index (χ1v) is 12.9. The highest BCUT2D eigenvalue weighted by Crippen LogP contribution is 2.96. The van der Waals surface area contributed by atoms with Crippen LogP contribution in [0.4, 0.5) is 0 Å². The molecule has 84 valence electrons. The van der Waals surface area contributed by atoms with Crippen LogP contribution in [0.25, 0.3) is 0 Å². The molecule has 0 amide bonds. The van der Waals surface area contributed by atoms with Crippen LogP contribution >= 0.6 is 34.7 Å². The Labute approximate surface area is 99.3 Å². The van der Waals surface area contributed by atoms with Gasteiger partial charge in [0, 0.05) is 12.7 Å². The van der Waals surface area contributed by atoms with Gasteiger partial charge in [-0.05, 0) is 25.2 Å². The molecule has 0 aromatic carbocycles. The fraction of sp³-hybridized carbons (Fsp3) is 1.00. The molecule has 1 saturated heterocycles. The Morgan fingerprint density at radius 3 is 1.50 bits per heavy atom. The van der Waals surface area contributed by atoms with Gasteiger partial charge in [-0.3, -0.25) is 0 Å². The van der Waals surface area contributed by atoms with Crippen molar-refractivity contribution in [3.05, 3.63) is 0 Å². The van der Waals surface area contributed by atoms with Crippen LogP contribution in [0.2, 0.25) is 0 Å². The van der Waals surface area contributed by atoms with Crippen molar-refractivity contribution < 1.29 is 0 Å². The second kappa shape index (κ2) is 8.68. The van der Waals surface area contributed by atoms with Gasteiger partial charge in [0.2, 0.25) is 0 Å². The van der Waals surface area contributed by atoms with Gasteiger partial charge in [0.05, 0.1) is 0 Å². The molecule has 4 heteroatoms. The molecular formula is C10H22P2S2. The topological polar surface area (TPSA) is 0 Å². The molecule has 0 aromatic heterocycles. The van der Waals surface area contributed by atoms with Gasteiger partial charge in [-0.15, -0.1) is 0 Å². The fourth-order valence-corrected chi connectivity index (χ4v) is 20.4. The zero-order valence-corrected chi connectivity index (χ0v) is 12.8. The molecule has 0 unspecified atom stereocenters. The van der Waals surface area contributed by atoms with Crippen LogP contribution in [-0.2, 0) is 0 Å². The van der Waals surface area contributed by atoms with Crippen LogP contribution in [0.3, 0.4) is 0 Å². The molecule has 0 bridgehead atoms. The zero-order chi connectivity index (χ0) is 10.2. The van der Waals surface area contributed by atoms with Crippen molar-refractivity contribution in [1.29, 1.82) is 0 Å². The second-order valence-corrected chi connectivity index (χ2v) is 16.8. The summed E-state index contributed by atoms with van der Waals surface area (Å²) in [6, 6.07) is 0. The molecule has 0 aliphatic carbocycles. The van der Waals surface area contributed by atoms with Gasteiger partial charge in [-0.1, -0.05) is 61.5 Å². The molecule has 1 aliphatic rings. The molecular weight excluding hydrogens is 246 g/mol. The van der Waals surface area contributed by atoms with E-state index in [0.717, 1.165) is 0 Å². The average molecular weight is 268 g/mol. The summed E-state index contributed by atoms with van der Waals surface area (Å²) >= 11 is 4.73. The van der Waals surface area contributed by atoms with E-state index < -0.39 is 0 Å². The normalized spacial score (nSPS) is 26.1. The molecule has 0 spiro atoms. The minimum Gasteiger partial charge on any atom is -0.0835 e. The van der Waals surface area contributed by atoms with Gasteiger partial charge >= 0.3 is 0 Å². The van der Waals surface area contributed by atoms with Crippen molar-refractivity contribution in [3.63, 3.8) is 0 Å². The van der Waals surface area contributed by atoms with Crippen LogP contribution in [0.5, 0.6) is 0 Å². The van der Waals surface area contributed by atoms with E-state index in [1.807, 2.05) is 0 Å². The molecule has 0 aromatic rings. The largest absolute Gasteiger partial charge is 0.0835 e. The summed E-state index contributed by atoms with van der Waals surface area (Å²) < 4.78 is 0. The molecule has 0 radical (unpaired) electrons. The number of hydrogen-bond donors (Lipinski definition) is 0. The Hall–Kier alpha value is 1.56. The van der Waals surface area contributed by atoms with E-state index in [1.165, 1.54) is 50.8 Å². The Kier molecular flexibility index (Phi) is 8.45. The monoisotopic (exact) mass is 268 g/mol. The summed E-state index contributed by atoms with van der Waals surface area (Å²) in [5.74, 6) is 0. The molecule has 0 nitrogen and oxygen atoms in total. The fourth-order valence-electron chi connectivity index (χ4n) is 1.35. The van der Waals surface area contributed by atoms with Crippen LogP contribution in [-0.4, -0.2) is 12.3 Å². The summed E-state index contributed by atoms with van der Waals surface area (Å²) in [4.78, 5) is 0. The lowest BCUT2D eigenvalue weighted by Gasteiger charge is -2.33. The molecule has 0 N–H and O–H groups in total. The lowest BCUT2D eigenvalue weighted by atomic mass is 10.3. The van der Waals surface area contributed by atoms with E-state index in [9.17, 15) is 0 Å². The van der Waals surface area contributed by atoms with Gasteiger partial charge in [-0.25, -0.2) is 0 Å². The third kappa shape index (κ3) is 5.59. The first-order valence-electron chi connectivity index (χ1n) is 5.78. The molecule has 1 fully saturated rings. The lowest BCUT2D eigenvalue weighted by Crippen LogP contribution is -1.87. The molecule has 1 heterocycles. The van der Waals surface area contributed by atoms with Gasteiger partial charge in [-0.2, -0.15) is 0 Å². The predicted octanol–water partition coefficient (Wildman–Crippen LogP) is 6.47. The Morgan fingerprint density at radius 1 is 0.714 bits per heavy atom. The molecule has 0 atom stereocenters. The van der Waals surface area contributed by atoms with Crippen molar-refractivity contribution in [1.82, 2.24) is 0 Å². The second-order valence-electron chi connectivity index (χ2n) is 3.69. The van der Waals surface area contributed by atoms with Crippen molar-refractivity contribution in [2.45, 2.75) is 52.4 Å². The van der Waals surface area contributed by atoms with E-state index >= 15 is 0 Å². The van der Waals surface area contributed by atoms with Crippen LogP contribution in [0.15, 0.2) is 0 Å². The van der Waals surface area contributed by atoms with Crippen molar-refractivity contribution in [2.75, 3.05) is 12.3 Å². The van der Waals surface area contributed by atoms with Crippen LogP contribution in [0, 0.1) is 0 Å². The van der Waals surface area contributed by atoms with Gasteiger partial charge in [0.25, 0.3) is 0 Å². The standard InChI is InChI=1S/C10H22P2S2/c1-3-5-7-9-11-13-12(14-11)10-8-6-4-2/h3-10H2,1-2H3. The maximum atomic E-state index is 2.37. The van der Waals surface area contributed by atoms with Gasteiger partial charge in [0.15, 0.2) is 0 Å². The highest BCUT2D eigenvalue weighted by Gasteiger charge is 2.29. The predicted molar refractivity (Wildman–Crippen MR) is 77.8 cm³/mol. The van der Waals surface area contributed by atoms with E-state index in [2.05, 4.69) is 35.9 Å². The summed E-state index contributed by atoms with van der Waals surface area (Å²) in [6.07, 6.45) is 12.5. The number of unbranched alkanes of at least 4 members (excludes halogenated alkanes) is 4. The minimum absolute atomic E-state index is 0.393. The van der Waals surface area contributed by atoms with Crippen molar-refractivity contribution >= 4 is 34.7 Å². The summed E-state index contributed by atoms with van der Waals surface area (Å²) in [5, 5.41) is 0. The zero-order valence-electron chi connectivity index (χ0n) is 9.37. The summed E-state index contributed by atoms with van der Waals surface area (Å²) in [5.41, 5.74) is 0. The number of rotatable bonds is 8. The highest BCUT2D eigenvalue weighted by atomic mass is 33.6. The Morgan fingerprint density at radius 2 is 1.14 bits per heavy atom. The van der Waals surface area contributed by atoms with Gasteiger partial charge < -0.3 is 0 Å². The first-order chi connectivity index (χ1) is 6.86. The molecule has 0 saturated carbocycles. The third-order valence-corrected chi connectivity index (χ3v) is 22.5. The maximum absolute atomic E-state index is 2.37. The SMILES string of the molecule is CCCCCP1SP(CCCCC)S1. The van der Waals surface area contributed by atoms with Gasteiger partial charge in [0.1, 0.15) is 0 Å². The quantitative estimate of drug-likeness (QED) is 0.365. The minimum atomic E-state index is 0.393. The maximum Gasteiger partial charge on any atom is 0.0236 e. The number of hydrogen-bond acceptors (Lipinski definition) is 2. The molecule has 1 aliphatic heterocycles. The average Bonchev–Trinajstić information content (AvgIpc) is 2.13. The van der Waals surface area contributed by atoms with E-state index in [-0.39, 0.29) is 0 Å². The van der Waals surface area contributed by atoms with Crippen LogP contribution in [0.1, 0.15) is 52.4 Å². The molecule has 1 rings (SSSR count). The lowest BCUT2D eigenvalue weighted by molar-refractivity contribution is 0.777. The first kappa shape index (κ1) is 13.6. The third-order valence-electron chi connectivity index (χ3n) is 2.25. The van der Waals surface area contributed by atoms with Crippen LogP contribution < -0.4 is 0 Å². The van der Waals surface area contributed by atoms with Crippen molar-refractivity contribution in [2.24, 2.45) is 0 Å². The van der Waals surface area contributed by atoms with Crippen molar-refractivity contribution in [3.8, 4) is 0 Å². The molecule has 14 heavy (non-hydrogen) atoms. The highest BCUT2D eigenvalue weighted by molar-refractivity contribution is 9.35. The Bertz CT molecular complexity index is 124. The van der Waals surface area contributed by atoms with E-state index in [1.54, 1.807) is 0 Å². The summed E-state index contributed by atoms with van der Waals surface area (Å²) in [7, 11) is 0. The summed E-state index contributed by atoms with van der Waals surface area (Å²) in [6.45, 7) is 4.60.